The largest absolute Gasteiger partial charge is 0.468 e. The maximum atomic E-state index is 13.2. The lowest BCUT2D eigenvalue weighted by molar-refractivity contribution is 0.0968. The minimum atomic E-state index is -3.81. The lowest BCUT2D eigenvalue weighted by atomic mass is 10.0. The van der Waals surface area contributed by atoms with Gasteiger partial charge in [-0.2, -0.15) is 9.40 Å². The Morgan fingerprint density at radius 2 is 1.81 bits per heavy atom. The van der Waals surface area contributed by atoms with Crippen LogP contribution < -0.4 is 0 Å². The Hall–Kier alpha value is -3.23. The summed E-state index contributed by atoms with van der Waals surface area (Å²) in [5.74, 6) is 0.412. The minimum absolute atomic E-state index is 0.0436. The highest BCUT2D eigenvalue weighted by atomic mass is 32.2. The number of rotatable bonds is 7. The first-order valence-corrected chi connectivity index (χ1v) is 11.3. The Labute approximate surface area is 181 Å². The molecule has 0 aliphatic rings. The van der Waals surface area contributed by atoms with E-state index < -0.39 is 10.0 Å². The molecular weight excluding hydrogens is 414 g/mol. The van der Waals surface area contributed by atoms with Gasteiger partial charge < -0.3 is 4.42 Å². The van der Waals surface area contributed by atoms with Gasteiger partial charge >= 0.3 is 0 Å². The minimum Gasteiger partial charge on any atom is -0.468 e. The van der Waals surface area contributed by atoms with Gasteiger partial charge in [-0.05, 0) is 36.8 Å². The van der Waals surface area contributed by atoms with Crippen molar-refractivity contribution in [1.82, 2.24) is 14.1 Å². The van der Waals surface area contributed by atoms with Crippen LogP contribution in [0.25, 0.3) is 10.8 Å². The number of carbonyl (C=O) groups is 1. The molecule has 0 saturated carbocycles. The highest BCUT2D eigenvalue weighted by molar-refractivity contribution is 7.89. The number of nitrogens with zero attached hydrogens (tertiary/aromatic N) is 3. The Morgan fingerprint density at radius 3 is 2.55 bits per heavy atom. The smallest absolute Gasteiger partial charge is 0.246 e. The van der Waals surface area contributed by atoms with Crippen LogP contribution in [0.5, 0.6) is 0 Å². The molecule has 2 heterocycles. The van der Waals surface area contributed by atoms with Gasteiger partial charge in [0, 0.05) is 12.6 Å². The molecule has 4 rings (SSSR count). The second-order valence-corrected chi connectivity index (χ2v) is 9.43. The SMILES string of the molecule is Cc1nn(CC(=O)c2cccc3ccccc23)c(C)c1S(=O)(=O)N(C)Cc1ccco1. The first-order chi connectivity index (χ1) is 14.8. The molecule has 2 aromatic heterocycles. The van der Waals surface area contributed by atoms with Gasteiger partial charge in [-0.25, -0.2) is 8.42 Å². The van der Waals surface area contributed by atoms with E-state index in [0.29, 0.717) is 22.7 Å². The lowest BCUT2D eigenvalue weighted by Crippen LogP contribution is -2.27. The molecule has 0 amide bonds. The first-order valence-electron chi connectivity index (χ1n) is 9.82. The van der Waals surface area contributed by atoms with Crippen LogP contribution in [0.3, 0.4) is 0 Å². The fourth-order valence-corrected chi connectivity index (χ4v) is 5.26. The zero-order valence-electron chi connectivity index (χ0n) is 17.6. The van der Waals surface area contributed by atoms with Crippen LogP contribution in [-0.2, 0) is 23.1 Å². The van der Waals surface area contributed by atoms with E-state index in [4.69, 9.17) is 4.42 Å². The van der Waals surface area contributed by atoms with Crippen molar-refractivity contribution < 1.29 is 17.6 Å². The molecule has 0 N–H and O–H groups in total. The molecule has 0 aliphatic heterocycles. The Morgan fingerprint density at radius 1 is 1.06 bits per heavy atom. The monoisotopic (exact) mass is 437 g/mol. The summed E-state index contributed by atoms with van der Waals surface area (Å²) < 4.78 is 34.3. The van der Waals surface area contributed by atoms with Crippen molar-refractivity contribution in [2.45, 2.75) is 31.8 Å². The summed E-state index contributed by atoms with van der Waals surface area (Å²) in [6.07, 6.45) is 1.50. The van der Waals surface area contributed by atoms with Crippen molar-refractivity contribution in [3.05, 3.63) is 83.6 Å². The molecule has 0 saturated heterocycles. The molecule has 2 aromatic carbocycles. The van der Waals surface area contributed by atoms with Crippen molar-refractivity contribution in [3.8, 4) is 0 Å². The molecule has 0 unspecified atom stereocenters. The van der Waals surface area contributed by atoms with Crippen LogP contribution in [0.2, 0.25) is 0 Å². The van der Waals surface area contributed by atoms with E-state index >= 15 is 0 Å². The number of sulfonamides is 1. The number of hydrogen-bond acceptors (Lipinski definition) is 5. The van der Waals surface area contributed by atoms with Crippen molar-refractivity contribution in [1.29, 1.82) is 0 Å². The molecule has 4 aromatic rings. The second-order valence-electron chi connectivity index (χ2n) is 7.45. The number of aromatic nitrogens is 2. The number of hydrogen-bond donors (Lipinski definition) is 0. The van der Waals surface area contributed by atoms with Gasteiger partial charge in [-0.1, -0.05) is 42.5 Å². The van der Waals surface area contributed by atoms with Crippen molar-refractivity contribution >= 4 is 26.6 Å². The Bertz CT molecular complexity index is 1350. The highest BCUT2D eigenvalue weighted by Gasteiger charge is 2.29. The molecule has 0 bridgehead atoms. The summed E-state index contributed by atoms with van der Waals surface area (Å²) in [4.78, 5) is 13.2. The molecule has 8 heteroatoms. The second kappa shape index (κ2) is 8.13. The van der Waals surface area contributed by atoms with Gasteiger partial charge in [-0.15, -0.1) is 0 Å². The van der Waals surface area contributed by atoms with Crippen LogP contribution in [0, 0.1) is 13.8 Å². The average Bonchev–Trinajstić information content (AvgIpc) is 3.35. The zero-order chi connectivity index (χ0) is 22.2. The topological polar surface area (TPSA) is 85.4 Å². The summed E-state index contributed by atoms with van der Waals surface area (Å²) in [7, 11) is -2.32. The Kier molecular flexibility index (Phi) is 5.51. The summed E-state index contributed by atoms with van der Waals surface area (Å²) >= 11 is 0. The third kappa shape index (κ3) is 3.92. The number of benzene rings is 2. The maximum Gasteiger partial charge on any atom is 0.246 e. The zero-order valence-corrected chi connectivity index (χ0v) is 18.4. The van der Waals surface area contributed by atoms with Gasteiger partial charge in [0.05, 0.1) is 24.2 Å². The number of furan rings is 1. The van der Waals surface area contributed by atoms with Crippen LogP contribution in [0.4, 0.5) is 0 Å². The van der Waals surface area contributed by atoms with Crippen molar-refractivity contribution in [3.63, 3.8) is 0 Å². The van der Waals surface area contributed by atoms with Crippen LogP contribution in [0.15, 0.2) is 70.2 Å². The summed E-state index contributed by atoms with van der Waals surface area (Å²) in [5.41, 5.74) is 1.37. The fourth-order valence-electron chi connectivity index (χ4n) is 3.76. The van der Waals surface area contributed by atoms with E-state index in [1.54, 1.807) is 32.0 Å². The van der Waals surface area contributed by atoms with Gasteiger partial charge in [0.2, 0.25) is 10.0 Å². The molecule has 7 nitrogen and oxygen atoms in total. The molecule has 0 fully saturated rings. The van der Waals surface area contributed by atoms with Gasteiger partial charge in [0.1, 0.15) is 17.2 Å². The molecule has 0 aliphatic carbocycles. The first kappa shape index (κ1) is 21.0. The number of aryl methyl sites for hydroxylation is 1. The highest BCUT2D eigenvalue weighted by Crippen LogP contribution is 2.25. The van der Waals surface area contributed by atoms with E-state index in [2.05, 4.69) is 5.10 Å². The molecule has 160 valence electrons. The third-order valence-corrected chi connectivity index (χ3v) is 7.38. The van der Waals surface area contributed by atoms with Crippen LogP contribution in [-0.4, -0.2) is 35.3 Å². The summed E-state index contributed by atoms with van der Waals surface area (Å²) in [6, 6.07) is 16.7. The quantitative estimate of drug-likeness (QED) is 0.409. The Balaban J connectivity index is 1.64. The average molecular weight is 438 g/mol. The molecule has 0 atom stereocenters. The molecular formula is C23H23N3O4S. The van der Waals surface area contributed by atoms with Crippen LogP contribution >= 0.6 is 0 Å². The van der Waals surface area contributed by atoms with E-state index in [1.165, 1.54) is 22.3 Å². The summed E-state index contributed by atoms with van der Waals surface area (Å²) in [6.45, 7) is 3.37. The van der Waals surface area contributed by atoms with Gasteiger partial charge in [-0.3, -0.25) is 9.48 Å². The van der Waals surface area contributed by atoms with E-state index in [-0.39, 0.29) is 23.8 Å². The van der Waals surface area contributed by atoms with Gasteiger partial charge in [0.25, 0.3) is 0 Å². The molecule has 0 spiro atoms. The lowest BCUT2D eigenvalue weighted by Gasteiger charge is -2.16. The fraction of sp³-hybridized carbons (Fsp3) is 0.217. The number of carbonyl (C=O) groups excluding carboxylic acids is 1. The normalized spacial score (nSPS) is 12.0. The maximum absolute atomic E-state index is 13.2. The molecule has 31 heavy (non-hydrogen) atoms. The third-order valence-electron chi connectivity index (χ3n) is 5.33. The van der Waals surface area contributed by atoms with Crippen molar-refractivity contribution in [2.75, 3.05) is 7.05 Å². The molecule has 0 radical (unpaired) electrons. The predicted octanol–water partition coefficient (Wildman–Crippen LogP) is 3.95. The standard InChI is InChI=1S/C23H23N3O4S/c1-16-23(31(28,29)25(3)14-19-10-7-13-30-19)17(2)26(24-16)15-22(27)21-12-6-9-18-8-4-5-11-20(18)21/h4-13H,14-15H2,1-3H3. The predicted molar refractivity (Wildman–Crippen MR) is 117 cm³/mol. The summed E-state index contributed by atoms with van der Waals surface area (Å²) in [5, 5.41) is 6.21. The number of ketones is 1. The van der Waals surface area contributed by atoms with Gasteiger partial charge in [0.15, 0.2) is 5.78 Å². The van der Waals surface area contributed by atoms with E-state index in [0.717, 1.165) is 10.8 Å². The number of Topliss-reactive ketones (excluding diaryl/α,β-unsaturated/α-hetero) is 1. The van der Waals surface area contributed by atoms with E-state index in [1.807, 2.05) is 36.4 Å². The van der Waals surface area contributed by atoms with Crippen LogP contribution in [0.1, 0.15) is 27.5 Å². The number of fused-ring (bicyclic) bond motifs is 1. The van der Waals surface area contributed by atoms with Crippen molar-refractivity contribution in [2.24, 2.45) is 0 Å². The van der Waals surface area contributed by atoms with E-state index in [9.17, 15) is 13.2 Å².